The molecule has 0 bridgehead atoms. The van der Waals surface area contributed by atoms with Gasteiger partial charge in [0.15, 0.2) is 0 Å². The Morgan fingerprint density at radius 3 is 1.86 bits per heavy atom. The molecule has 2 aromatic rings. The van der Waals surface area contributed by atoms with E-state index in [0.717, 1.165) is 43.0 Å². The van der Waals surface area contributed by atoms with Crippen LogP contribution in [-0.4, -0.2) is 25.3 Å². The number of hydrogen-bond donors (Lipinski definition) is 0. The molecular formula is C39H58N2O2. The molecule has 0 fully saturated rings. The van der Waals surface area contributed by atoms with E-state index < -0.39 is 0 Å². The summed E-state index contributed by atoms with van der Waals surface area (Å²) in [7, 11) is 0. The number of allylic oxidation sites excluding steroid dienone is 1. The highest BCUT2D eigenvalue weighted by Crippen LogP contribution is 2.33. The van der Waals surface area contributed by atoms with Gasteiger partial charge in [0.05, 0.1) is 13.2 Å². The Morgan fingerprint density at radius 2 is 1.33 bits per heavy atom. The van der Waals surface area contributed by atoms with Gasteiger partial charge in [-0.05, 0) is 61.2 Å². The fourth-order valence-electron chi connectivity index (χ4n) is 5.93. The molecule has 43 heavy (non-hydrogen) atoms. The summed E-state index contributed by atoms with van der Waals surface area (Å²) in [6, 6.07) is 16.6. The Labute approximate surface area is 263 Å². The zero-order valence-electron chi connectivity index (χ0n) is 27.7. The minimum absolute atomic E-state index is 0.0400. The van der Waals surface area contributed by atoms with Crippen LogP contribution < -0.4 is 9.64 Å². The molecule has 0 radical (unpaired) electrons. The van der Waals surface area contributed by atoms with Crippen LogP contribution in [0.1, 0.15) is 129 Å². The Balaban J connectivity index is 1.31. The van der Waals surface area contributed by atoms with E-state index in [1.807, 2.05) is 23.2 Å². The summed E-state index contributed by atoms with van der Waals surface area (Å²) >= 11 is 0. The van der Waals surface area contributed by atoms with Crippen LogP contribution in [0, 0.1) is 5.41 Å². The van der Waals surface area contributed by atoms with Crippen LogP contribution in [0.25, 0.3) is 0 Å². The lowest BCUT2D eigenvalue weighted by molar-refractivity contribution is -0.116. The second-order valence-electron chi connectivity index (χ2n) is 12.9. The molecule has 0 aliphatic carbocycles. The maximum absolute atomic E-state index is 12.6. The highest BCUT2D eigenvalue weighted by molar-refractivity contribution is 5.91. The van der Waals surface area contributed by atoms with Gasteiger partial charge in [0, 0.05) is 30.8 Å². The second-order valence-corrected chi connectivity index (χ2v) is 12.9. The Hall–Kier alpha value is -2.88. The first-order chi connectivity index (χ1) is 20.9. The highest BCUT2D eigenvalue weighted by Gasteiger charge is 2.28. The van der Waals surface area contributed by atoms with Gasteiger partial charge in [-0.25, -0.2) is 0 Å². The number of hydrogen-bond acceptors (Lipinski definition) is 3. The van der Waals surface area contributed by atoms with Gasteiger partial charge >= 0.3 is 0 Å². The summed E-state index contributed by atoms with van der Waals surface area (Å²) in [5, 5.41) is 0. The monoisotopic (exact) mass is 586 g/mol. The number of carbonyl (C=O) groups excluding carboxylic acids is 1. The molecule has 1 heterocycles. The number of rotatable bonds is 21. The van der Waals surface area contributed by atoms with Crippen molar-refractivity contribution in [1.82, 2.24) is 0 Å². The smallest absolute Gasteiger partial charge is 0.224 e. The summed E-state index contributed by atoms with van der Waals surface area (Å²) in [6.45, 7) is 10.5. The van der Waals surface area contributed by atoms with Crippen LogP contribution in [-0.2, 0) is 17.8 Å². The van der Waals surface area contributed by atoms with Gasteiger partial charge in [0.1, 0.15) is 5.75 Å². The Kier molecular flexibility index (Phi) is 15.6. The molecule has 2 aromatic carbocycles. The Bertz CT molecular complexity index is 1120. The molecule has 1 atom stereocenters. The zero-order valence-corrected chi connectivity index (χ0v) is 27.7. The van der Waals surface area contributed by atoms with Crippen LogP contribution in [0.15, 0.2) is 65.2 Å². The van der Waals surface area contributed by atoms with Crippen molar-refractivity contribution in [2.24, 2.45) is 10.4 Å². The van der Waals surface area contributed by atoms with E-state index >= 15 is 0 Å². The minimum atomic E-state index is 0.0400. The van der Waals surface area contributed by atoms with Gasteiger partial charge in [-0.3, -0.25) is 9.79 Å². The van der Waals surface area contributed by atoms with Crippen LogP contribution in [0.4, 0.5) is 5.69 Å². The molecule has 0 N–H and O–H groups in total. The van der Waals surface area contributed by atoms with Crippen LogP contribution in [0.5, 0.6) is 5.75 Å². The largest absolute Gasteiger partial charge is 0.494 e. The molecule has 0 aromatic heterocycles. The predicted octanol–water partition coefficient (Wildman–Crippen LogP) is 10.7. The first kappa shape index (κ1) is 34.6. The van der Waals surface area contributed by atoms with Crippen molar-refractivity contribution in [1.29, 1.82) is 0 Å². The van der Waals surface area contributed by atoms with Crippen molar-refractivity contribution in [3.05, 3.63) is 71.3 Å². The van der Waals surface area contributed by atoms with E-state index in [4.69, 9.17) is 4.74 Å². The average molecular weight is 587 g/mol. The number of carbonyl (C=O) groups is 1. The first-order valence-corrected chi connectivity index (χ1v) is 17.2. The lowest BCUT2D eigenvalue weighted by atomic mass is 9.76. The summed E-state index contributed by atoms with van der Waals surface area (Å²) in [5.41, 5.74) is 4.70. The van der Waals surface area contributed by atoms with Crippen LogP contribution >= 0.6 is 0 Å². The molecule has 4 nitrogen and oxygen atoms in total. The summed E-state index contributed by atoms with van der Waals surface area (Å²) in [6.07, 6.45) is 24.1. The van der Waals surface area contributed by atoms with Gasteiger partial charge < -0.3 is 9.64 Å². The van der Waals surface area contributed by atoms with E-state index in [9.17, 15) is 4.79 Å². The highest BCUT2D eigenvalue weighted by atomic mass is 16.5. The van der Waals surface area contributed by atoms with Crippen molar-refractivity contribution < 1.29 is 9.53 Å². The fraction of sp³-hybridized carbons (Fsp3) is 0.590. The van der Waals surface area contributed by atoms with E-state index in [-0.39, 0.29) is 11.3 Å². The van der Waals surface area contributed by atoms with Crippen molar-refractivity contribution >= 4 is 17.8 Å². The Morgan fingerprint density at radius 1 is 0.791 bits per heavy atom. The number of nitrogens with zero attached hydrogens (tertiary/aromatic N) is 2. The van der Waals surface area contributed by atoms with Gasteiger partial charge in [-0.2, -0.15) is 0 Å². The van der Waals surface area contributed by atoms with Crippen LogP contribution in [0.2, 0.25) is 0 Å². The van der Waals surface area contributed by atoms with Crippen molar-refractivity contribution in [2.75, 3.05) is 18.1 Å². The number of dihydropyridines is 1. The SMILES string of the molecule is CCCCCCCCCCCCCCCCOc1ccc(CN(C(C)=O)c2ccc(CC3(C)CN=CC=C3C)cc2)cc1. The molecule has 3 rings (SSSR count). The minimum Gasteiger partial charge on any atom is -0.494 e. The van der Waals surface area contributed by atoms with Crippen LogP contribution in [0.3, 0.4) is 0 Å². The third kappa shape index (κ3) is 12.7. The third-order valence-electron chi connectivity index (χ3n) is 9.08. The van der Waals surface area contributed by atoms with Gasteiger partial charge in [0.25, 0.3) is 0 Å². The molecule has 236 valence electrons. The van der Waals surface area contributed by atoms with E-state index in [1.165, 1.54) is 94.6 Å². The molecule has 0 spiro atoms. The topological polar surface area (TPSA) is 41.9 Å². The quantitative estimate of drug-likeness (QED) is 0.137. The summed E-state index contributed by atoms with van der Waals surface area (Å²) in [5.74, 6) is 0.945. The predicted molar refractivity (Wildman–Crippen MR) is 184 cm³/mol. The van der Waals surface area contributed by atoms with Gasteiger partial charge in [-0.15, -0.1) is 0 Å². The normalized spacial score (nSPS) is 16.2. The number of aliphatic imine (C=N–C) groups is 1. The zero-order chi connectivity index (χ0) is 30.8. The molecule has 1 aliphatic rings. The van der Waals surface area contributed by atoms with Gasteiger partial charge in [-0.1, -0.05) is 127 Å². The molecule has 1 unspecified atom stereocenters. The number of unbranched alkanes of at least 4 members (excludes halogenated alkanes) is 13. The number of anilines is 1. The second kappa shape index (κ2) is 19.4. The lowest BCUT2D eigenvalue weighted by Gasteiger charge is -2.31. The maximum atomic E-state index is 12.6. The van der Waals surface area contributed by atoms with E-state index in [0.29, 0.717) is 6.54 Å². The molecule has 0 saturated carbocycles. The maximum Gasteiger partial charge on any atom is 0.224 e. The van der Waals surface area contributed by atoms with Crippen molar-refractivity contribution in [3.8, 4) is 5.75 Å². The fourth-order valence-corrected chi connectivity index (χ4v) is 5.93. The average Bonchev–Trinajstić information content (AvgIpc) is 3.00. The van der Waals surface area contributed by atoms with E-state index in [2.05, 4.69) is 68.2 Å². The lowest BCUT2D eigenvalue weighted by Crippen LogP contribution is -2.28. The summed E-state index contributed by atoms with van der Waals surface area (Å²) in [4.78, 5) is 18.9. The molecular weight excluding hydrogens is 528 g/mol. The molecule has 0 saturated heterocycles. The van der Waals surface area contributed by atoms with Crippen molar-refractivity contribution in [2.45, 2.75) is 131 Å². The molecule has 1 amide bonds. The number of benzene rings is 2. The van der Waals surface area contributed by atoms with Crippen molar-refractivity contribution in [3.63, 3.8) is 0 Å². The first-order valence-electron chi connectivity index (χ1n) is 17.2. The van der Waals surface area contributed by atoms with Gasteiger partial charge in [0.2, 0.25) is 5.91 Å². The number of ether oxygens (including phenoxy) is 1. The molecule has 1 aliphatic heterocycles. The third-order valence-corrected chi connectivity index (χ3v) is 9.08. The number of amides is 1. The summed E-state index contributed by atoms with van der Waals surface area (Å²) < 4.78 is 6.00. The standard InChI is InChI=1S/C39H58N2O2/c1-5-6-7-8-9-10-11-12-13-14-15-16-17-18-29-43-38-25-21-36(22-26-38)31-41(34(3)42)37-23-19-35(20-24-37)30-39(4)32-40-28-27-33(39)2/h19-28H,5-18,29-32H2,1-4H3. The molecule has 4 heteroatoms. The van der Waals surface area contributed by atoms with E-state index in [1.54, 1.807) is 6.92 Å².